The summed E-state index contributed by atoms with van der Waals surface area (Å²) < 4.78 is 0. The molecule has 1 amide bonds. The minimum Gasteiger partial charge on any atom is -0.481 e. The Morgan fingerprint density at radius 3 is 2.25 bits per heavy atom. The average molecular weight is 230 g/mol. The number of nitrogens with two attached hydrogens (primary N) is 1. The fourth-order valence-electron chi connectivity index (χ4n) is 1.05. The van der Waals surface area contributed by atoms with Crippen LogP contribution in [0, 0.1) is 11.3 Å². The molecule has 0 aromatic rings. The minimum absolute atomic E-state index is 0.0395. The second kappa shape index (κ2) is 5.84. The predicted molar refractivity (Wildman–Crippen MR) is 61.9 cm³/mol. The van der Waals surface area contributed by atoms with Gasteiger partial charge in [0.05, 0.1) is 11.5 Å². The van der Waals surface area contributed by atoms with Crippen molar-refractivity contribution in [3.8, 4) is 0 Å². The van der Waals surface area contributed by atoms with Crippen molar-refractivity contribution in [1.29, 1.82) is 0 Å². The van der Waals surface area contributed by atoms with Crippen molar-refractivity contribution in [3.05, 3.63) is 0 Å². The predicted octanol–water partition coefficient (Wildman–Crippen LogP) is 0.587. The molecule has 5 heteroatoms. The fourth-order valence-corrected chi connectivity index (χ4v) is 1.05. The summed E-state index contributed by atoms with van der Waals surface area (Å²) >= 11 is 0. The Kier molecular flexibility index (Phi) is 5.44. The van der Waals surface area contributed by atoms with Crippen LogP contribution in [0.25, 0.3) is 0 Å². The Bertz CT molecular complexity index is 266. The molecule has 0 spiro atoms. The lowest BCUT2D eigenvalue weighted by Crippen LogP contribution is -2.48. The van der Waals surface area contributed by atoms with Crippen molar-refractivity contribution < 1.29 is 14.7 Å². The standard InChI is InChI=1S/C11H22N2O3/c1-5-11(4,10(15)16)6-13-9(14)8(12)7(2)3/h7-8H,5-6,12H2,1-4H3,(H,13,14)(H,15,16). The number of carboxylic acid groups (broad SMARTS) is 1. The molecule has 16 heavy (non-hydrogen) atoms. The summed E-state index contributed by atoms with van der Waals surface area (Å²) in [6.45, 7) is 7.19. The van der Waals surface area contributed by atoms with Crippen LogP contribution in [0.2, 0.25) is 0 Å². The molecule has 2 atom stereocenters. The van der Waals surface area contributed by atoms with Gasteiger partial charge < -0.3 is 16.2 Å². The molecule has 0 bridgehead atoms. The first-order chi connectivity index (χ1) is 7.24. The van der Waals surface area contributed by atoms with Gasteiger partial charge in [-0.05, 0) is 19.3 Å². The van der Waals surface area contributed by atoms with Crippen molar-refractivity contribution in [2.24, 2.45) is 17.1 Å². The van der Waals surface area contributed by atoms with Gasteiger partial charge in [0.2, 0.25) is 5.91 Å². The highest BCUT2D eigenvalue weighted by Crippen LogP contribution is 2.19. The van der Waals surface area contributed by atoms with Gasteiger partial charge in [0.25, 0.3) is 0 Å². The lowest BCUT2D eigenvalue weighted by Gasteiger charge is -2.24. The Morgan fingerprint density at radius 2 is 1.94 bits per heavy atom. The molecule has 2 unspecified atom stereocenters. The molecule has 0 aliphatic rings. The maximum Gasteiger partial charge on any atom is 0.311 e. The molecular weight excluding hydrogens is 208 g/mol. The molecule has 5 nitrogen and oxygen atoms in total. The molecule has 0 radical (unpaired) electrons. The minimum atomic E-state index is -0.924. The van der Waals surface area contributed by atoms with Gasteiger partial charge in [-0.1, -0.05) is 20.8 Å². The number of carbonyl (C=O) groups is 2. The van der Waals surface area contributed by atoms with Crippen LogP contribution in [0.5, 0.6) is 0 Å². The van der Waals surface area contributed by atoms with Gasteiger partial charge in [-0.3, -0.25) is 9.59 Å². The molecule has 0 fully saturated rings. The highest BCUT2D eigenvalue weighted by atomic mass is 16.4. The van der Waals surface area contributed by atoms with Crippen LogP contribution < -0.4 is 11.1 Å². The van der Waals surface area contributed by atoms with E-state index in [1.807, 2.05) is 13.8 Å². The van der Waals surface area contributed by atoms with E-state index >= 15 is 0 Å². The summed E-state index contributed by atoms with van der Waals surface area (Å²) in [5.41, 5.74) is 4.72. The Balaban J connectivity index is 4.34. The SMILES string of the molecule is CCC(C)(CNC(=O)C(N)C(C)C)C(=O)O. The topological polar surface area (TPSA) is 92.4 Å². The number of hydrogen-bond donors (Lipinski definition) is 3. The highest BCUT2D eigenvalue weighted by Gasteiger charge is 2.32. The fraction of sp³-hybridized carbons (Fsp3) is 0.818. The van der Waals surface area contributed by atoms with Crippen LogP contribution in [0.3, 0.4) is 0 Å². The molecule has 0 rings (SSSR count). The molecule has 0 saturated carbocycles. The van der Waals surface area contributed by atoms with E-state index in [4.69, 9.17) is 10.8 Å². The molecule has 0 aromatic carbocycles. The van der Waals surface area contributed by atoms with Crippen molar-refractivity contribution in [2.45, 2.75) is 40.2 Å². The monoisotopic (exact) mass is 230 g/mol. The third-order valence-electron chi connectivity index (χ3n) is 2.97. The average Bonchev–Trinajstić information content (AvgIpc) is 2.23. The second-order valence-corrected chi connectivity index (χ2v) is 4.71. The van der Waals surface area contributed by atoms with E-state index in [1.165, 1.54) is 0 Å². The molecule has 0 aliphatic carbocycles. The molecule has 0 aliphatic heterocycles. The summed E-state index contributed by atoms with van der Waals surface area (Å²) in [7, 11) is 0. The van der Waals surface area contributed by atoms with Crippen LogP contribution in [-0.2, 0) is 9.59 Å². The molecule has 0 saturated heterocycles. The van der Waals surface area contributed by atoms with E-state index in [2.05, 4.69) is 5.32 Å². The van der Waals surface area contributed by atoms with E-state index in [9.17, 15) is 9.59 Å². The smallest absolute Gasteiger partial charge is 0.311 e. The third kappa shape index (κ3) is 3.81. The molecule has 0 heterocycles. The third-order valence-corrected chi connectivity index (χ3v) is 2.97. The quantitative estimate of drug-likeness (QED) is 0.622. The van der Waals surface area contributed by atoms with E-state index in [1.54, 1.807) is 13.8 Å². The van der Waals surface area contributed by atoms with E-state index in [0.29, 0.717) is 6.42 Å². The molecule has 0 aromatic heterocycles. The highest BCUT2D eigenvalue weighted by molar-refractivity contribution is 5.83. The zero-order chi connectivity index (χ0) is 12.9. The number of hydrogen-bond acceptors (Lipinski definition) is 3. The largest absolute Gasteiger partial charge is 0.481 e. The van der Waals surface area contributed by atoms with Gasteiger partial charge in [0.15, 0.2) is 0 Å². The first-order valence-electron chi connectivity index (χ1n) is 5.51. The van der Waals surface area contributed by atoms with Gasteiger partial charge in [-0.25, -0.2) is 0 Å². The number of amides is 1. The van der Waals surface area contributed by atoms with Gasteiger partial charge in [-0.15, -0.1) is 0 Å². The number of rotatable bonds is 6. The van der Waals surface area contributed by atoms with E-state index in [-0.39, 0.29) is 18.4 Å². The Morgan fingerprint density at radius 1 is 1.44 bits per heavy atom. The van der Waals surface area contributed by atoms with Crippen molar-refractivity contribution in [3.63, 3.8) is 0 Å². The lowest BCUT2D eigenvalue weighted by molar-refractivity contribution is -0.148. The normalized spacial score (nSPS) is 16.6. The number of carboxylic acids is 1. The van der Waals surface area contributed by atoms with Crippen molar-refractivity contribution in [2.75, 3.05) is 6.54 Å². The zero-order valence-electron chi connectivity index (χ0n) is 10.4. The van der Waals surface area contributed by atoms with Crippen LogP contribution >= 0.6 is 0 Å². The van der Waals surface area contributed by atoms with Crippen LogP contribution in [0.1, 0.15) is 34.1 Å². The van der Waals surface area contributed by atoms with E-state index in [0.717, 1.165) is 0 Å². The number of carbonyl (C=O) groups excluding carboxylic acids is 1. The lowest BCUT2D eigenvalue weighted by atomic mass is 9.87. The summed E-state index contributed by atoms with van der Waals surface area (Å²) in [5, 5.41) is 11.6. The number of aliphatic carboxylic acids is 1. The zero-order valence-corrected chi connectivity index (χ0v) is 10.4. The van der Waals surface area contributed by atoms with Gasteiger partial charge in [0, 0.05) is 6.54 Å². The Labute approximate surface area is 96.4 Å². The first-order valence-corrected chi connectivity index (χ1v) is 5.51. The first kappa shape index (κ1) is 14.9. The van der Waals surface area contributed by atoms with E-state index < -0.39 is 17.4 Å². The van der Waals surface area contributed by atoms with Crippen LogP contribution in [0.15, 0.2) is 0 Å². The molecule has 94 valence electrons. The van der Waals surface area contributed by atoms with Crippen molar-refractivity contribution >= 4 is 11.9 Å². The summed E-state index contributed by atoms with van der Waals surface area (Å²) in [5.74, 6) is -1.16. The van der Waals surface area contributed by atoms with Gasteiger partial charge >= 0.3 is 5.97 Å². The van der Waals surface area contributed by atoms with Crippen LogP contribution in [0.4, 0.5) is 0 Å². The van der Waals surface area contributed by atoms with Gasteiger partial charge in [0.1, 0.15) is 0 Å². The molecular formula is C11H22N2O3. The summed E-state index contributed by atoms with van der Waals surface area (Å²) in [4.78, 5) is 22.5. The van der Waals surface area contributed by atoms with Crippen molar-refractivity contribution in [1.82, 2.24) is 5.32 Å². The maximum atomic E-state index is 11.5. The molecule has 4 N–H and O–H groups in total. The maximum absolute atomic E-state index is 11.5. The van der Waals surface area contributed by atoms with Crippen LogP contribution in [-0.4, -0.2) is 29.6 Å². The summed E-state index contributed by atoms with van der Waals surface area (Å²) in [6, 6.07) is -0.588. The summed E-state index contributed by atoms with van der Waals surface area (Å²) in [6.07, 6.45) is 0.458. The van der Waals surface area contributed by atoms with Gasteiger partial charge in [-0.2, -0.15) is 0 Å². The number of nitrogens with one attached hydrogen (secondary N) is 1. The Hall–Kier alpha value is -1.10. The second-order valence-electron chi connectivity index (χ2n) is 4.71.